The number of hydrogen-bond acceptors (Lipinski definition) is 5. The van der Waals surface area contributed by atoms with E-state index in [2.05, 4.69) is 6.07 Å². The maximum absolute atomic E-state index is 9.63. The maximum atomic E-state index is 9.63. The van der Waals surface area contributed by atoms with E-state index in [1.165, 1.54) is 6.07 Å². The average Bonchev–Trinajstić information content (AvgIpc) is 2.53. The third-order valence-corrected chi connectivity index (χ3v) is 3.65. The van der Waals surface area contributed by atoms with E-state index >= 15 is 0 Å². The van der Waals surface area contributed by atoms with Gasteiger partial charge >= 0.3 is 0 Å². The molecule has 5 heteroatoms. The summed E-state index contributed by atoms with van der Waals surface area (Å²) in [6.07, 6.45) is 0. The lowest BCUT2D eigenvalue weighted by atomic mass is 9.83. The molecule has 1 aliphatic heterocycles. The number of nitrogens with two attached hydrogens (primary N) is 1. The van der Waals surface area contributed by atoms with Gasteiger partial charge in [0.1, 0.15) is 28.9 Å². The molecular weight excluding hydrogens is 280 g/mol. The van der Waals surface area contributed by atoms with Crippen LogP contribution in [0.4, 0.5) is 0 Å². The van der Waals surface area contributed by atoms with E-state index in [0.717, 1.165) is 11.1 Å². The lowest BCUT2D eigenvalue weighted by Gasteiger charge is -2.27. The first-order chi connectivity index (χ1) is 10.7. The van der Waals surface area contributed by atoms with Crippen molar-refractivity contribution in [2.75, 3.05) is 7.11 Å². The van der Waals surface area contributed by atoms with Gasteiger partial charge in [-0.05, 0) is 12.1 Å². The summed E-state index contributed by atoms with van der Waals surface area (Å²) in [7, 11) is 1.58. The molecule has 0 aliphatic carbocycles. The minimum Gasteiger partial charge on any atom is -0.508 e. The van der Waals surface area contributed by atoms with E-state index < -0.39 is 5.92 Å². The van der Waals surface area contributed by atoms with Gasteiger partial charge in [-0.2, -0.15) is 5.26 Å². The van der Waals surface area contributed by atoms with E-state index in [9.17, 15) is 10.4 Å². The summed E-state index contributed by atoms with van der Waals surface area (Å²) in [5, 5.41) is 19.1. The van der Waals surface area contributed by atoms with Gasteiger partial charge in [0.15, 0.2) is 0 Å². The molecule has 0 amide bonds. The van der Waals surface area contributed by atoms with Crippen molar-refractivity contribution in [2.24, 2.45) is 5.73 Å². The Bertz CT molecular complexity index is 806. The molecule has 0 saturated heterocycles. The number of hydrogen-bond donors (Lipinski definition) is 2. The third kappa shape index (κ3) is 2.11. The zero-order chi connectivity index (χ0) is 15.7. The molecule has 2 aromatic rings. The molecule has 0 fully saturated rings. The molecule has 0 bridgehead atoms. The van der Waals surface area contributed by atoms with Crippen LogP contribution >= 0.6 is 0 Å². The predicted molar refractivity (Wildman–Crippen MR) is 80.4 cm³/mol. The van der Waals surface area contributed by atoms with Gasteiger partial charge in [0.25, 0.3) is 0 Å². The van der Waals surface area contributed by atoms with Gasteiger partial charge in [-0.25, -0.2) is 0 Å². The summed E-state index contributed by atoms with van der Waals surface area (Å²) in [5.74, 6) is 0.814. The first kappa shape index (κ1) is 13.8. The van der Waals surface area contributed by atoms with Crippen LogP contribution < -0.4 is 15.2 Å². The molecule has 2 aromatic carbocycles. The number of fused-ring (bicyclic) bond motifs is 1. The SMILES string of the molecule is COc1ccccc1[C@@H]1C(C#N)=C(N)Oc2cc(O)ccc21. The zero-order valence-corrected chi connectivity index (χ0v) is 11.9. The standard InChI is InChI=1S/C17H14N2O3/c1-21-14-5-3-2-4-11(14)16-12-7-6-10(20)8-15(12)22-17(19)13(16)9-18/h2-8,16,20H,19H2,1H3/t16-/m0/s1. The first-order valence-corrected chi connectivity index (χ1v) is 6.69. The van der Waals surface area contributed by atoms with Gasteiger partial charge in [-0.15, -0.1) is 0 Å². The van der Waals surface area contributed by atoms with Crippen molar-refractivity contribution >= 4 is 0 Å². The van der Waals surface area contributed by atoms with Crippen molar-refractivity contribution in [3.63, 3.8) is 0 Å². The number of methoxy groups -OCH3 is 1. The van der Waals surface area contributed by atoms with Crippen molar-refractivity contribution < 1.29 is 14.6 Å². The summed E-state index contributed by atoms with van der Waals surface area (Å²) in [4.78, 5) is 0. The number of benzene rings is 2. The van der Waals surface area contributed by atoms with Gasteiger partial charge in [0.05, 0.1) is 13.0 Å². The van der Waals surface area contributed by atoms with Crippen LogP contribution in [0, 0.1) is 11.3 Å². The number of nitriles is 1. The molecule has 3 rings (SSSR count). The molecule has 0 aromatic heterocycles. The number of rotatable bonds is 2. The molecule has 22 heavy (non-hydrogen) atoms. The van der Waals surface area contributed by atoms with Crippen LogP contribution in [0.25, 0.3) is 0 Å². The minimum absolute atomic E-state index is 0.0384. The Hall–Kier alpha value is -3.13. The highest BCUT2D eigenvalue weighted by Crippen LogP contribution is 2.45. The smallest absolute Gasteiger partial charge is 0.205 e. The Labute approximate surface area is 127 Å². The monoisotopic (exact) mass is 294 g/mol. The highest BCUT2D eigenvalue weighted by molar-refractivity contribution is 5.59. The summed E-state index contributed by atoms with van der Waals surface area (Å²) in [5.41, 5.74) is 7.78. The fourth-order valence-electron chi connectivity index (χ4n) is 2.67. The molecule has 3 N–H and O–H groups in total. The number of nitrogens with zero attached hydrogens (tertiary/aromatic N) is 1. The van der Waals surface area contributed by atoms with E-state index in [0.29, 0.717) is 17.1 Å². The first-order valence-electron chi connectivity index (χ1n) is 6.69. The quantitative estimate of drug-likeness (QED) is 0.888. The van der Waals surface area contributed by atoms with Crippen molar-refractivity contribution in [3.8, 4) is 23.3 Å². The van der Waals surface area contributed by atoms with Crippen LogP contribution in [0.1, 0.15) is 17.0 Å². The third-order valence-electron chi connectivity index (χ3n) is 3.65. The number of para-hydroxylation sites is 1. The molecular formula is C17H14N2O3. The highest BCUT2D eigenvalue weighted by atomic mass is 16.5. The van der Waals surface area contributed by atoms with Crippen molar-refractivity contribution in [3.05, 3.63) is 65.0 Å². The van der Waals surface area contributed by atoms with Crippen molar-refractivity contribution in [2.45, 2.75) is 5.92 Å². The molecule has 5 nitrogen and oxygen atoms in total. The van der Waals surface area contributed by atoms with Crippen molar-refractivity contribution in [1.82, 2.24) is 0 Å². The molecule has 1 atom stereocenters. The molecule has 0 unspecified atom stereocenters. The molecule has 110 valence electrons. The topological polar surface area (TPSA) is 88.5 Å². The second kappa shape index (κ2) is 5.34. The van der Waals surface area contributed by atoms with Gasteiger partial charge in [0.2, 0.25) is 5.88 Å². The maximum Gasteiger partial charge on any atom is 0.205 e. The second-order valence-electron chi connectivity index (χ2n) is 4.89. The largest absolute Gasteiger partial charge is 0.508 e. The molecule has 0 radical (unpaired) electrons. The van der Waals surface area contributed by atoms with Crippen molar-refractivity contribution in [1.29, 1.82) is 5.26 Å². The summed E-state index contributed by atoms with van der Waals surface area (Å²) in [6.45, 7) is 0. The Balaban J connectivity index is 2.26. The summed E-state index contributed by atoms with van der Waals surface area (Å²) >= 11 is 0. The molecule has 1 heterocycles. The summed E-state index contributed by atoms with van der Waals surface area (Å²) < 4.78 is 10.9. The Morgan fingerprint density at radius 2 is 2.00 bits per heavy atom. The fraction of sp³-hybridized carbons (Fsp3) is 0.118. The summed E-state index contributed by atoms with van der Waals surface area (Å²) in [6, 6.07) is 14.3. The normalized spacial score (nSPS) is 16.5. The highest BCUT2D eigenvalue weighted by Gasteiger charge is 2.32. The molecule has 0 spiro atoms. The van der Waals surface area contributed by atoms with Crippen LogP contribution in [-0.4, -0.2) is 12.2 Å². The van der Waals surface area contributed by atoms with Crippen LogP contribution in [0.2, 0.25) is 0 Å². The average molecular weight is 294 g/mol. The van der Waals surface area contributed by atoms with Gasteiger partial charge in [-0.3, -0.25) is 0 Å². The number of ether oxygens (including phenoxy) is 2. The Morgan fingerprint density at radius 3 is 2.73 bits per heavy atom. The Morgan fingerprint density at radius 1 is 1.23 bits per heavy atom. The van der Waals surface area contributed by atoms with Gasteiger partial charge in [-0.1, -0.05) is 24.3 Å². The van der Waals surface area contributed by atoms with E-state index in [1.807, 2.05) is 24.3 Å². The van der Waals surface area contributed by atoms with Crippen LogP contribution in [0.15, 0.2) is 53.9 Å². The van der Waals surface area contributed by atoms with E-state index in [-0.39, 0.29) is 11.6 Å². The number of aromatic hydroxyl groups is 1. The van der Waals surface area contributed by atoms with Crippen LogP contribution in [0.3, 0.4) is 0 Å². The lowest BCUT2D eigenvalue weighted by molar-refractivity contribution is 0.383. The lowest BCUT2D eigenvalue weighted by Crippen LogP contribution is -2.21. The number of phenols is 1. The Kier molecular flexibility index (Phi) is 3.36. The fourth-order valence-corrected chi connectivity index (χ4v) is 2.67. The number of allylic oxidation sites excluding steroid dienone is 1. The minimum atomic E-state index is -0.398. The van der Waals surface area contributed by atoms with Crippen LogP contribution in [0.5, 0.6) is 17.2 Å². The van der Waals surface area contributed by atoms with Gasteiger partial charge < -0.3 is 20.3 Å². The van der Waals surface area contributed by atoms with E-state index in [1.54, 1.807) is 19.2 Å². The zero-order valence-electron chi connectivity index (χ0n) is 11.9. The van der Waals surface area contributed by atoms with Crippen LogP contribution in [-0.2, 0) is 0 Å². The molecule has 0 saturated carbocycles. The predicted octanol–water partition coefficient (Wildman–Crippen LogP) is 2.62. The number of phenolic OH excluding ortho intramolecular Hbond substituents is 1. The molecule has 1 aliphatic rings. The van der Waals surface area contributed by atoms with Gasteiger partial charge in [0, 0.05) is 17.2 Å². The second-order valence-corrected chi connectivity index (χ2v) is 4.89. The van der Waals surface area contributed by atoms with E-state index in [4.69, 9.17) is 15.2 Å².